The molecule has 0 saturated heterocycles. The fourth-order valence-electron chi connectivity index (χ4n) is 2.43. The summed E-state index contributed by atoms with van der Waals surface area (Å²) < 4.78 is 10.7. The van der Waals surface area contributed by atoms with Gasteiger partial charge in [-0.1, -0.05) is 54.6 Å². The summed E-state index contributed by atoms with van der Waals surface area (Å²) in [5, 5.41) is 3.04. The van der Waals surface area contributed by atoms with E-state index in [2.05, 4.69) is 5.32 Å². The van der Waals surface area contributed by atoms with Gasteiger partial charge < -0.3 is 14.8 Å². The van der Waals surface area contributed by atoms with Crippen LogP contribution >= 0.6 is 0 Å². The van der Waals surface area contributed by atoms with E-state index in [0.717, 1.165) is 0 Å². The summed E-state index contributed by atoms with van der Waals surface area (Å²) in [7, 11) is 0. The van der Waals surface area contributed by atoms with Gasteiger partial charge in [0.25, 0.3) is 0 Å². The van der Waals surface area contributed by atoms with Crippen molar-refractivity contribution in [1.29, 1.82) is 0 Å². The van der Waals surface area contributed by atoms with Crippen LogP contribution in [0, 0.1) is 0 Å². The van der Waals surface area contributed by atoms with E-state index in [4.69, 9.17) is 9.47 Å². The molecule has 3 rings (SSSR count). The molecule has 136 valence electrons. The zero-order chi connectivity index (χ0) is 18.9. The first-order valence-corrected chi connectivity index (χ1v) is 8.55. The normalized spacial score (nSPS) is 11.3. The number of nitrogens with one attached hydrogen (secondary N) is 1. The summed E-state index contributed by atoms with van der Waals surface area (Å²) >= 11 is 0. The fourth-order valence-corrected chi connectivity index (χ4v) is 2.43. The summed E-state index contributed by atoms with van der Waals surface area (Å²) in [6.45, 7) is 0. The van der Waals surface area contributed by atoms with Gasteiger partial charge in [0.15, 0.2) is 0 Å². The number of carbonyl (C=O) groups excluding carboxylic acids is 2. The molecular weight excluding hydrogens is 342 g/mol. The van der Waals surface area contributed by atoms with Crippen LogP contribution in [0.25, 0.3) is 0 Å². The molecule has 5 nitrogen and oxygen atoms in total. The Balaban J connectivity index is 1.70. The summed E-state index contributed by atoms with van der Waals surface area (Å²) in [6, 6.07) is 25.7. The molecule has 1 unspecified atom stereocenters. The molecule has 1 atom stereocenters. The second-order valence-corrected chi connectivity index (χ2v) is 5.79. The largest absolute Gasteiger partial charge is 0.426 e. The van der Waals surface area contributed by atoms with Crippen LogP contribution in [0.1, 0.15) is 6.42 Å². The lowest BCUT2D eigenvalue weighted by Gasteiger charge is -2.18. The maximum Gasteiger partial charge on any atom is 0.334 e. The molecule has 0 bridgehead atoms. The quantitative estimate of drug-likeness (QED) is 0.508. The molecule has 3 aromatic rings. The number of anilines is 1. The lowest BCUT2D eigenvalue weighted by Crippen LogP contribution is -2.36. The second-order valence-electron chi connectivity index (χ2n) is 5.79. The van der Waals surface area contributed by atoms with Crippen molar-refractivity contribution in [3.63, 3.8) is 0 Å². The van der Waals surface area contributed by atoms with E-state index in [0.29, 0.717) is 17.2 Å². The van der Waals surface area contributed by atoms with E-state index < -0.39 is 18.0 Å². The predicted octanol–water partition coefficient (Wildman–Crippen LogP) is 4.07. The van der Waals surface area contributed by atoms with E-state index in [1.54, 1.807) is 48.5 Å². The molecular formula is C22H19NO4. The molecule has 0 radical (unpaired) electrons. The SMILES string of the molecule is O=C(CC(Nc1ccccc1)C(=O)Oc1ccccc1)Oc1ccccc1. The minimum absolute atomic E-state index is 0.171. The zero-order valence-electron chi connectivity index (χ0n) is 14.6. The molecule has 0 fully saturated rings. The van der Waals surface area contributed by atoms with Gasteiger partial charge in [-0.15, -0.1) is 0 Å². The van der Waals surface area contributed by atoms with Crippen LogP contribution in [0.15, 0.2) is 91.0 Å². The number of esters is 2. The Labute approximate surface area is 157 Å². The molecule has 1 N–H and O–H groups in total. The Morgan fingerprint density at radius 2 is 1.19 bits per heavy atom. The van der Waals surface area contributed by atoms with Crippen molar-refractivity contribution in [2.45, 2.75) is 12.5 Å². The van der Waals surface area contributed by atoms with Gasteiger partial charge in [-0.05, 0) is 36.4 Å². The summed E-state index contributed by atoms with van der Waals surface area (Å²) in [5.74, 6) is -0.245. The Hall–Kier alpha value is -3.60. The van der Waals surface area contributed by atoms with Crippen LogP contribution in [0.4, 0.5) is 5.69 Å². The molecule has 0 amide bonds. The molecule has 5 heteroatoms. The minimum atomic E-state index is -0.885. The zero-order valence-corrected chi connectivity index (χ0v) is 14.6. The van der Waals surface area contributed by atoms with Crippen molar-refractivity contribution in [3.05, 3.63) is 91.0 Å². The first-order valence-electron chi connectivity index (χ1n) is 8.55. The van der Waals surface area contributed by atoms with Crippen molar-refractivity contribution in [3.8, 4) is 11.5 Å². The third-order valence-corrected chi connectivity index (χ3v) is 3.71. The van der Waals surface area contributed by atoms with Crippen LogP contribution in [-0.4, -0.2) is 18.0 Å². The molecule has 0 spiro atoms. The van der Waals surface area contributed by atoms with Crippen molar-refractivity contribution in [2.24, 2.45) is 0 Å². The third kappa shape index (κ3) is 5.71. The summed E-state index contributed by atoms with van der Waals surface area (Å²) in [5.41, 5.74) is 0.708. The van der Waals surface area contributed by atoms with Gasteiger partial charge in [-0.25, -0.2) is 4.79 Å². The average Bonchev–Trinajstić information content (AvgIpc) is 2.70. The Bertz CT molecular complexity index is 867. The standard InChI is InChI=1S/C22H19NO4/c24-21(26-18-12-6-2-7-13-18)16-20(23-17-10-4-1-5-11-17)22(25)27-19-14-8-3-9-15-19/h1-15,20,23H,16H2. The molecule has 0 aliphatic rings. The Kier molecular flexibility index (Phi) is 6.20. The highest BCUT2D eigenvalue weighted by molar-refractivity contribution is 5.87. The van der Waals surface area contributed by atoms with Gasteiger partial charge in [-0.2, -0.15) is 0 Å². The lowest BCUT2D eigenvalue weighted by molar-refractivity contribution is -0.141. The van der Waals surface area contributed by atoms with Crippen LogP contribution < -0.4 is 14.8 Å². The van der Waals surface area contributed by atoms with E-state index >= 15 is 0 Å². The third-order valence-electron chi connectivity index (χ3n) is 3.71. The molecule has 0 aromatic heterocycles. The summed E-state index contributed by atoms with van der Waals surface area (Å²) in [4.78, 5) is 24.9. The number of hydrogen-bond donors (Lipinski definition) is 1. The maximum absolute atomic E-state index is 12.6. The number of ether oxygens (including phenoxy) is 2. The fraction of sp³-hybridized carbons (Fsp3) is 0.0909. The molecule has 0 aliphatic carbocycles. The number of para-hydroxylation sites is 3. The lowest BCUT2D eigenvalue weighted by atomic mass is 10.2. The van der Waals surface area contributed by atoms with E-state index in [1.807, 2.05) is 42.5 Å². The molecule has 0 saturated carbocycles. The number of benzene rings is 3. The van der Waals surface area contributed by atoms with E-state index in [-0.39, 0.29) is 6.42 Å². The Morgan fingerprint density at radius 1 is 0.704 bits per heavy atom. The van der Waals surface area contributed by atoms with Crippen molar-refractivity contribution >= 4 is 17.6 Å². The maximum atomic E-state index is 12.6. The van der Waals surface area contributed by atoms with Crippen molar-refractivity contribution in [2.75, 3.05) is 5.32 Å². The van der Waals surface area contributed by atoms with E-state index in [1.165, 1.54) is 0 Å². The van der Waals surface area contributed by atoms with E-state index in [9.17, 15) is 9.59 Å². The van der Waals surface area contributed by atoms with Gasteiger partial charge in [0.1, 0.15) is 17.5 Å². The molecule has 3 aromatic carbocycles. The first-order chi connectivity index (χ1) is 13.2. The van der Waals surface area contributed by atoms with Gasteiger partial charge in [0.2, 0.25) is 0 Å². The smallest absolute Gasteiger partial charge is 0.334 e. The van der Waals surface area contributed by atoms with Crippen LogP contribution in [0.3, 0.4) is 0 Å². The highest BCUT2D eigenvalue weighted by Crippen LogP contribution is 2.16. The number of hydrogen-bond acceptors (Lipinski definition) is 5. The van der Waals surface area contributed by atoms with Crippen LogP contribution in [0.5, 0.6) is 11.5 Å². The minimum Gasteiger partial charge on any atom is -0.426 e. The highest BCUT2D eigenvalue weighted by atomic mass is 16.5. The van der Waals surface area contributed by atoms with Crippen molar-refractivity contribution in [1.82, 2.24) is 0 Å². The second kappa shape index (κ2) is 9.20. The molecule has 0 aliphatic heterocycles. The number of rotatable bonds is 7. The first kappa shape index (κ1) is 18.2. The Morgan fingerprint density at radius 3 is 1.74 bits per heavy atom. The molecule has 27 heavy (non-hydrogen) atoms. The highest BCUT2D eigenvalue weighted by Gasteiger charge is 2.25. The summed E-state index contributed by atoms with van der Waals surface area (Å²) in [6.07, 6.45) is -0.171. The van der Waals surface area contributed by atoms with Gasteiger partial charge in [-0.3, -0.25) is 4.79 Å². The van der Waals surface area contributed by atoms with Gasteiger partial charge in [0.05, 0.1) is 6.42 Å². The monoisotopic (exact) mass is 361 g/mol. The van der Waals surface area contributed by atoms with Crippen LogP contribution in [-0.2, 0) is 9.59 Å². The van der Waals surface area contributed by atoms with Gasteiger partial charge in [0, 0.05) is 5.69 Å². The van der Waals surface area contributed by atoms with Gasteiger partial charge >= 0.3 is 11.9 Å². The van der Waals surface area contributed by atoms with Crippen LogP contribution in [0.2, 0.25) is 0 Å². The number of carbonyl (C=O) groups is 2. The average molecular weight is 361 g/mol. The molecule has 0 heterocycles. The predicted molar refractivity (Wildman–Crippen MR) is 103 cm³/mol. The van der Waals surface area contributed by atoms with Crippen molar-refractivity contribution < 1.29 is 19.1 Å². The topological polar surface area (TPSA) is 64.6 Å².